The summed E-state index contributed by atoms with van der Waals surface area (Å²) in [5.74, 6) is 0. The first-order valence-electron chi connectivity index (χ1n) is 3.29. The summed E-state index contributed by atoms with van der Waals surface area (Å²) in [5, 5.41) is 1.28. The number of hydrogen-bond acceptors (Lipinski definition) is 0. The molecule has 2 aromatic rings. The minimum absolute atomic E-state index is 0. The summed E-state index contributed by atoms with van der Waals surface area (Å²) in [5.41, 5.74) is 1.24. The van der Waals surface area contributed by atoms with E-state index in [-0.39, 0.29) is 18.9 Å². The van der Waals surface area contributed by atoms with Gasteiger partial charge in [-0.15, -0.1) is 5.39 Å². The zero-order chi connectivity index (χ0) is 6.97. The third-order valence-electron chi connectivity index (χ3n) is 1.73. The molecule has 2 rings (SSSR count). The number of fused-ring (bicyclic) bond motifs is 1. The molecule has 0 saturated heterocycles. The Morgan fingerprint density at radius 1 is 1.36 bits per heavy atom. The molecule has 1 heterocycles. The zero-order valence-corrected chi connectivity index (χ0v) is 6.83. The number of aryl methyl sites for hydroxylation is 1. The summed E-state index contributed by atoms with van der Waals surface area (Å²) in [7, 11) is 2.04. The molecule has 0 aliphatic carbocycles. The van der Waals surface area contributed by atoms with Gasteiger partial charge in [0, 0.05) is 0 Å². The van der Waals surface area contributed by atoms with Gasteiger partial charge in [-0.2, -0.15) is 24.3 Å². The number of benzene rings is 1. The fourth-order valence-corrected chi connectivity index (χ4v) is 1.15. The van der Waals surface area contributed by atoms with Gasteiger partial charge in [0.25, 0.3) is 0 Å². The Balaban J connectivity index is 0.000000605. The molecule has 0 fully saturated rings. The average Bonchev–Trinajstić information content (AvgIpc) is 2.34. The normalized spacial score (nSPS) is 9.55. The van der Waals surface area contributed by atoms with Gasteiger partial charge < -0.3 is 4.57 Å². The van der Waals surface area contributed by atoms with Crippen molar-refractivity contribution in [3.8, 4) is 0 Å². The van der Waals surface area contributed by atoms with Gasteiger partial charge in [-0.05, 0) is 13.2 Å². The van der Waals surface area contributed by atoms with Crippen LogP contribution in [0.4, 0.5) is 0 Å². The van der Waals surface area contributed by atoms with Gasteiger partial charge in [-0.3, -0.25) is 0 Å². The molecular weight excluding hydrogens is 129 g/mol. The predicted octanol–water partition coefficient (Wildman–Crippen LogP) is -1.02. The van der Waals surface area contributed by atoms with Crippen LogP contribution < -0.4 is 18.9 Å². The van der Waals surface area contributed by atoms with Crippen LogP contribution in [0.3, 0.4) is 0 Å². The second kappa shape index (κ2) is 3.17. The first kappa shape index (κ1) is 8.45. The largest absolute Gasteiger partial charge is 1.00 e. The molecule has 0 spiro atoms. The van der Waals surface area contributed by atoms with E-state index in [2.05, 4.69) is 29.0 Å². The van der Waals surface area contributed by atoms with Gasteiger partial charge in [-0.25, -0.2) is 0 Å². The van der Waals surface area contributed by atoms with Crippen molar-refractivity contribution in [2.24, 2.45) is 7.05 Å². The Morgan fingerprint density at radius 2 is 2.18 bits per heavy atom. The Morgan fingerprint density at radius 3 is 2.91 bits per heavy atom. The summed E-state index contributed by atoms with van der Waals surface area (Å²) in [4.78, 5) is 0. The molecule has 0 unspecified atom stereocenters. The van der Waals surface area contributed by atoms with Gasteiger partial charge >= 0.3 is 18.9 Å². The van der Waals surface area contributed by atoms with Crippen LogP contribution in [-0.2, 0) is 7.05 Å². The molecule has 1 aromatic heterocycles. The molecule has 0 radical (unpaired) electrons. The van der Waals surface area contributed by atoms with E-state index in [1.807, 2.05) is 19.2 Å². The van der Waals surface area contributed by atoms with Crippen molar-refractivity contribution in [3.05, 3.63) is 36.5 Å². The van der Waals surface area contributed by atoms with Crippen LogP contribution in [0.1, 0.15) is 0 Å². The fourth-order valence-electron chi connectivity index (χ4n) is 1.15. The molecule has 50 valence electrons. The van der Waals surface area contributed by atoms with Crippen LogP contribution in [0.5, 0.6) is 0 Å². The standard InChI is InChI=1S/C9H8N.Li/c1-10-7-6-8-4-2-3-5-9(8)10;/h2,4-7H,1H3;/q-1;+1. The van der Waals surface area contributed by atoms with E-state index in [4.69, 9.17) is 0 Å². The van der Waals surface area contributed by atoms with Gasteiger partial charge in [0.05, 0.1) is 0 Å². The van der Waals surface area contributed by atoms with Crippen molar-refractivity contribution in [2.75, 3.05) is 0 Å². The molecular formula is C9H8LiN. The zero-order valence-electron chi connectivity index (χ0n) is 6.83. The van der Waals surface area contributed by atoms with Gasteiger partial charge in [0.1, 0.15) is 0 Å². The van der Waals surface area contributed by atoms with Crippen LogP contribution in [0.2, 0.25) is 0 Å². The molecule has 0 atom stereocenters. The van der Waals surface area contributed by atoms with E-state index >= 15 is 0 Å². The van der Waals surface area contributed by atoms with Crippen molar-refractivity contribution in [2.45, 2.75) is 0 Å². The van der Waals surface area contributed by atoms with E-state index in [9.17, 15) is 0 Å². The molecule has 0 bridgehead atoms. The summed E-state index contributed by atoms with van der Waals surface area (Å²) in [6, 6.07) is 11.1. The SMILES string of the molecule is Cn1ccc2cc[c-]cc21.[Li+]. The fraction of sp³-hybridized carbons (Fsp3) is 0.111. The molecule has 1 nitrogen and oxygen atoms in total. The second-order valence-corrected chi connectivity index (χ2v) is 2.41. The maximum Gasteiger partial charge on any atom is 1.00 e. The van der Waals surface area contributed by atoms with Gasteiger partial charge in [-0.1, -0.05) is 11.6 Å². The summed E-state index contributed by atoms with van der Waals surface area (Å²) in [6.45, 7) is 0. The Hall–Kier alpha value is -0.643. The maximum absolute atomic E-state index is 3.04. The van der Waals surface area contributed by atoms with Crippen molar-refractivity contribution >= 4 is 10.9 Å². The Kier molecular flexibility index (Phi) is 2.44. The number of aromatic nitrogens is 1. The van der Waals surface area contributed by atoms with Crippen LogP contribution in [-0.4, -0.2) is 4.57 Å². The molecule has 0 saturated carbocycles. The topological polar surface area (TPSA) is 4.93 Å². The van der Waals surface area contributed by atoms with Crippen molar-refractivity contribution in [1.82, 2.24) is 4.57 Å². The molecule has 1 aromatic carbocycles. The van der Waals surface area contributed by atoms with Gasteiger partial charge in [0.2, 0.25) is 0 Å². The second-order valence-electron chi connectivity index (χ2n) is 2.41. The average molecular weight is 137 g/mol. The Bertz CT molecular complexity index is 351. The summed E-state index contributed by atoms with van der Waals surface area (Å²) in [6.07, 6.45) is 2.05. The molecule has 0 aliphatic heterocycles. The Labute approximate surface area is 78.2 Å². The van der Waals surface area contributed by atoms with Crippen molar-refractivity contribution in [3.63, 3.8) is 0 Å². The molecule has 0 N–H and O–H groups in total. The number of rotatable bonds is 0. The minimum atomic E-state index is 0. The maximum atomic E-state index is 3.04. The van der Waals surface area contributed by atoms with E-state index in [0.29, 0.717) is 0 Å². The summed E-state index contributed by atoms with van der Waals surface area (Å²) < 4.78 is 2.09. The van der Waals surface area contributed by atoms with Crippen molar-refractivity contribution < 1.29 is 18.9 Å². The third-order valence-corrected chi connectivity index (χ3v) is 1.73. The predicted molar refractivity (Wildman–Crippen MR) is 41.8 cm³/mol. The van der Waals surface area contributed by atoms with E-state index in [1.165, 1.54) is 10.9 Å². The quantitative estimate of drug-likeness (QED) is 0.323. The first-order chi connectivity index (χ1) is 4.88. The van der Waals surface area contributed by atoms with E-state index in [0.717, 1.165) is 0 Å². The molecule has 0 amide bonds. The van der Waals surface area contributed by atoms with Crippen LogP contribution in [0, 0.1) is 6.07 Å². The van der Waals surface area contributed by atoms with Crippen molar-refractivity contribution in [1.29, 1.82) is 0 Å². The smallest absolute Gasteiger partial charge is 0.403 e. The molecule has 0 aliphatic rings. The monoisotopic (exact) mass is 137 g/mol. The van der Waals surface area contributed by atoms with E-state index < -0.39 is 0 Å². The number of hydrogen-bond donors (Lipinski definition) is 0. The van der Waals surface area contributed by atoms with E-state index in [1.54, 1.807) is 0 Å². The molecule has 2 heteroatoms. The van der Waals surface area contributed by atoms with Crippen LogP contribution >= 0.6 is 0 Å². The third kappa shape index (κ3) is 1.35. The molecule has 11 heavy (non-hydrogen) atoms. The van der Waals surface area contributed by atoms with Crippen LogP contribution in [0.25, 0.3) is 10.9 Å². The van der Waals surface area contributed by atoms with Gasteiger partial charge in [0.15, 0.2) is 0 Å². The summed E-state index contributed by atoms with van der Waals surface area (Å²) >= 11 is 0. The first-order valence-corrected chi connectivity index (χ1v) is 3.29. The van der Waals surface area contributed by atoms with Crippen LogP contribution in [0.15, 0.2) is 30.5 Å². The minimum Gasteiger partial charge on any atom is -0.403 e. The number of nitrogens with zero attached hydrogens (tertiary/aromatic N) is 1.